The lowest BCUT2D eigenvalue weighted by Gasteiger charge is -2.33. The Kier molecular flexibility index (Phi) is 7.80. The monoisotopic (exact) mass is 689 g/mol. The summed E-state index contributed by atoms with van der Waals surface area (Å²) in [5.74, 6) is -0.622. The Balaban J connectivity index is 1.73. The summed E-state index contributed by atoms with van der Waals surface area (Å²) < 4.78 is 11.2. The van der Waals surface area contributed by atoms with E-state index in [1.54, 1.807) is 0 Å². The van der Waals surface area contributed by atoms with Crippen LogP contribution in [0.3, 0.4) is 0 Å². The van der Waals surface area contributed by atoms with Crippen LogP contribution in [0.5, 0.6) is 0 Å². The van der Waals surface area contributed by atoms with E-state index in [0.717, 1.165) is 57.8 Å². The van der Waals surface area contributed by atoms with Crippen LogP contribution in [0.25, 0.3) is 27.8 Å². The van der Waals surface area contributed by atoms with Crippen LogP contribution in [0.15, 0.2) is 78.9 Å². The Labute approximate surface area is 287 Å². The number of nitrogens with zero attached hydrogens (tertiary/aromatic N) is 3. The van der Waals surface area contributed by atoms with Crippen LogP contribution < -0.4 is 4.90 Å². The number of rotatable bonds is 7. The average Bonchev–Trinajstić information content (AvgIpc) is 3.69. The number of anilines is 1. The SMILES string of the molecule is CCN(CC)c1ccc(C2(c3c(-c4ccccc4)c(C)n4c5ccccc5n(CC)c34)OC(=O)c3c(Cl)c(Cl)c(Cl)c(Cl)c32)cc1. The van der Waals surface area contributed by atoms with E-state index in [2.05, 4.69) is 78.0 Å². The van der Waals surface area contributed by atoms with Crippen molar-refractivity contribution in [2.45, 2.75) is 39.8 Å². The van der Waals surface area contributed by atoms with Crippen molar-refractivity contribution in [1.82, 2.24) is 8.97 Å². The Morgan fingerprint density at radius 2 is 1.33 bits per heavy atom. The van der Waals surface area contributed by atoms with Gasteiger partial charge in [0, 0.05) is 47.7 Å². The first-order valence-corrected chi connectivity index (χ1v) is 16.9. The molecule has 1 aliphatic heterocycles. The number of benzene rings is 4. The maximum atomic E-state index is 14.2. The van der Waals surface area contributed by atoms with E-state index in [4.69, 9.17) is 51.1 Å². The Morgan fingerprint density at radius 1 is 0.717 bits per heavy atom. The molecule has 0 radical (unpaired) electrons. The summed E-state index contributed by atoms with van der Waals surface area (Å²) >= 11 is 27.4. The van der Waals surface area contributed by atoms with Crippen LogP contribution in [0.1, 0.15) is 53.5 Å². The zero-order chi connectivity index (χ0) is 32.5. The lowest BCUT2D eigenvalue weighted by molar-refractivity contribution is 0.0257. The van der Waals surface area contributed by atoms with Gasteiger partial charge in [-0.25, -0.2) is 4.79 Å². The lowest BCUT2D eigenvalue weighted by atomic mass is 9.77. The molecule has 0 aliphatic carbocycles. The summed E-state index contributed by atoms with van der Waals surface area (Å²) in [6, 6.07) is 26.6. The second-order valence-corrected chi connectivity index (χ2v) is 12.9. The van der Waals surface area contributed by atoms with E-state index in [9.17, 15) is 4.79 Å². The first-order chi connectivity index (χ1) is 22.2. The minimum absolute atomic E-state index is 0.0147. The van der Waals surface area contributed by atoms with Gasteiger partial charge in [-0.2, -0.15) is 0 Å². The van der Waals surface area contributed by atoms with E-state index < -0.39 is 11.6 Å². The predicted molar refractivity (Wildman–Crippen MR) is 191 cm³/mol. The fraction of sp³-hybridized carbons (Fsp3) is 0.216. The number of fused-ring (bicyclic) bond motifs is 4. The molecule has 7 rings (SSSR count). The van der Waals surface area contributed by atoms with Crippen molar-refractivity contribution in [2.24, 2.45) is 0 Å². The summed E-state index contributed by atoms with van der Waals surface area (Å²) in [7, 11) is 0. The Bertz CT molecular complexity index is 2170. The molecule has 0 N–H and O–H groups in total. The molecular formula is C37H31Cl4N3O2. The fourth-order valence-electron chi connectivity index (χ4n) is 7.25. The number of hydrogen-bond donors (Lipinski definition) is 0. The van der Waals surface area contributed by atoms with Crippen molar-refractivity contribution in [3.63, 3.8) is 0 Å². The van der Waals surface area contributed by atoms with Crippen molar-refractivity contribution in [3.8, 4) is 11.1 Å². The van der Waals surface area contributed by atoms with Crippen LogP contribution >= 0.6 is 46.4 Å². The number of esters is 1. The van der Waals surface area contributed by atoms with Gasteiger partial charge in [-0.05, 0) is 57.5 Å². The molecule has 234 valence electrons. The highest BCUT2D eigenvalue weighted by Crippen LogP contribution is 2.59. The molecule has 0 spiro atoms. The molecule has 0 fully saturated rings. The van der Waals surface area contributed by atoms with E-state index in [0.29, 0.717) is 17.7 Å². The van der Waals surface area contributed by atoms with Crippen LogP contribution in [0, 0.1) is 6.92 Å². The molecule has 2 aromatic heterocycles. The number of hydrogen-bond acceptors (Lipinski definition) is 3. The second kappa shape index (κ2) is 11.6. The van der Waals surface area contributed by atoms with Crippen LogP contribution in [0.4, 0.5) is 5.69 Å². The van der Waals surface area contributed by atoms with E-state index in [-0.39, 0.29) is 25.7 Å². The van der Waals surface area contributed by atoms with Crippen molar-refractivity contribution in [1.29, 1.82) is 0 Å². The van der Waals surface area contributed by atoms with Gasteiger partial charge in [-0.1, -0.05) is 101 Å². The second-order valence-electron chi connectivity index (χ2n) is 11.4. The van der Waals surface area contributed by atoms with Gasteiger partial charge in [0.1, 0.15) is 5.65 Å². The summed E-state index contributed by atoms with van der Waals surface area (Å²) in [6.07, 6.45) is 0. The van der Waals surface area contributed by atoms with Crippen LogP contribution in [-0.4, -0.2) is 28.0 Å². The molecule has 5 nitrogen and oxygen atoms in total. The number of para-hydroxylation sites is 2. The molecule has 9 heteroatoms. The predicted octanol–water partition coefficient (Wildman–Crippen LogP) is 10.8. The largest absolute Gasteiger partial charge is 0.440 e. The van der Waals surface area contributed by atoms with Gasteiger partial charge in [0.15, 0.2) is 5.60 Å². The number of cyclic esters (lactones) is 1. The third kappa shape index (κ3) is 4.18. The zero-order valence-electron chi connectivity index (χ0n) is 25.8. The minimum Gasteiger partial charge on any atom is -0.440 e. The maximum Gasteiger partial charge on any atom is 0.341 e. The third-order valence-electron chi connectivity index (χ3n) is 9.25. The van der Waals surface area contributed by atoms with Gasteiger partial charge >= 0.3 is 5.97 Å². The molecule has 0 saturated carbocycles. The smallest absolute Gasteiger partial charge is 0.341 e. The van der Waals surface area contributed by atoms with E-state index in [1.807, 2.05) is 42.5 Å². The zero-order valence-corrected chi connectivity index (χ0v) is 28.8. The number of ether oxygens (including phenoxy) is 1. The molecule has 4 aromatic carbocycles. The molecule has 3 heterocycles. The summed E-state index contributed by atoms with van der Waals surface area (Å²) in [5, 5.41) is 0.224. The topological polar surface area (TPSA) is 38.9 Å². The highest BCUT2D eigenvalue weighted by Gasteiger charge is 2.55. The number of aromatic nitrogens is 2. The number of imidazole rings is 1. The molecule has 6 aromatic rings. The summed E-state index contributed by atoms with van der Waals surface area (Å²) in [6.45, 7) is 10.8. The molecule has 0 amide bonds. The fourth-order valence-corrected chi connectivity index (χ4v) is 8.31. The summed E-state index contributed by atoms with van der Waals surface area (Å²) in [5.41, 5.74) is 7.36. The Morgan fingerprint density at radius 3 is 1.96 bits per heavy atom. The van der Waals surface area contributed by atoms with Gasteiger partial charge in [0.2, 0.25) is 0 Å². The van der Waals surface area contributed by atoms with Gasteiger partial charge in [-0.3, -0.25) is 4.40 Å². The molecule has 1 atom stereocenters. The molecular weight excluding hydrogens is 660 g/mol. The molecule has 46 heavy (non-hydrogen) atoms. The van der Waals surface area contributed by atoms with E-state index in [1.165, 1.54) is 0 Å². The Hall–Kier alpha value is -3.61. The van der Waals surface area contributed by atoms with Crippen molar-refractivity contribution in [2.75, 3.05) is 18.0 Å². The highest BCUT2D eigenvalue weighted by molar-refractivity contribution is 6.53. The van der Waals surface area contributed by atoms with Crippen LogP contribution in [-0.2, 0) is 16.9 Å². The normalized spacial score (nSPS) is 16.0. The molecule has 1 aliphatic rings. The average molecular weight is 691 g/mol. The highest BCUT2D eigenvalue weighted by atomic mass is 35.5. The molecule has 0 saturated heterocycles. The lowest BCUT2D eigenvalue weighted by Crippen LogP contribution is -2.31. The van der Waals surface area contributed by atoms with E-state index >= 15 is 0 Å². The third-order valence-corrected chi connectivity index (χ3v) is 11.1. The number of carbonyl (C=O) groups excluding carboxylic acids is 1. The first kappa shape index (κ1) is 31.0. The number of halogens is 4. The van der Waals surface area contributed by atoms with Gasteiger partial charge in [-0.15, -0.1) is 0 Å². The molecule has 0 bridgehead atoms. The van der Waals surface area contributed by atoms with Crippen molar-refractivity contribution in [3.05, 3.63) is 127 Å². The number of aryl methyl sites for hydroxylation is 2. The van der Waals surface area contributed by atoms with Crippen molar-refractivity contribution >= 4 is 74.7 Å². The standard InChI is InChI=1S/C37H31Cl4N3O2/c1-5-42(6-2)24-19-17-23(18-20-24)37(29-28(36(45)46-37)31(38)33(40)34(41)32(29)39)30-27(22-13-9-8-10-14-22)21(4)44-26-16-12-11-15-25(26)43(7-3)35(30)44/h8-20H,5-7H2,1-4H3. The number of carbonyl (C=O) groups is 1. The van der Waals surface area contributed by atoms with Gasteiger partial charge in [0.25, 0.3) is 0 Å². The molecule has 1 unspecified atom stereocenters. The van der Waals surface area contributed by atoms with Crippen molar-refractivity contribution < 1.29 is 9.53 Å². The van der Waals surface area contributed by atoms with Gasteiger partial charge < -0.3 is 14.2 Å². The van der Waals surface area contributed by atoms with Crippen LogP contribution in [0.2, 0.25) is 20.1 Å². The van der Waals surface area contributed by atoms with Gasteiger partial charge in [0.05, 0.1) is 42.3 Å². The summed E-state index contributed by atoms with van der Waals surface area (Å²) in [4.78, 5) is 16.4. The quantitative estimate of drug-likeness (QED) is 0.0951. The minimum atomic E-state index is -1.53. The first-order valence-electron chi connectivity index (χ1n) is 15.3. The maximum absolute atomic E-state index is 14.2.